The molecule has 2 atom stereocenters. The molecule has 0 aliphatic carbocycles. The van der Waals surface area contributed by atoms with Gasteiger partial charge in [-0.25, -0.2) is 0 Å². The van der Waals surface area contributed by atoms with Gasteiger partial charge >= 0.3 is 11.9 Å². The monoisotopic (exact) mass is 802 g/mol. The van der Waals surface area contributed by atoms with Crippen LogP contribution in [0, 0.1) is 0 Å². The molecule has 8 heteroatoms. The normalized spacial score (nSPS) is 13.4. The van der Waals surface area contributed by atoms with Gasteiger partial charge in [0.15, 0.2) is 6.10 Å². The van der Waals surface area contributed by atoms with Crippen LogP contribution in [0.15, 0.2) is 48.6 Å². The molecule has 0 aromatic rings. The summed E-state index contributed by atoms with van der Waals surface area (Å²) in [5, 5.41) is 11.6. The lowest BCUT2D eigenvalue weighted by Gasteiger charge is -2.34. The highest BCUT2D eigenvalue weighted by molar-refractivity contribution is 5.70. The number of aliphatic carboxylic acids is 1. The highest BCUT2D eigenvalue weighted by atomic mass is 16.6. The maximum absolute atomic E-state index is 12.7. The van der Waals surface area contributed by atoms with Crippen molar-refractivity contribution >= 4 is 17.9 Å². The number of unbranched alkanes of at least 4 members (excludes halogenated alkanes) is 19. The maximum atomic E-state index is 12.7. The number of likely N-dealkylation sites (N-methyl/N-ethyl adjacent to an activating group) is 1. The molecule has 0 N–H and O–H groups in total. The van der Waals surface area contributed by atoms with Crippen LogP contribution < -0.4 is 5.11 Å². The molecule has 330 valence electrons. The number of hydrogen-bond acceptors (Lipinski definition) is 7. The molecule has 0 fully saturated rings. The Balaban J connectivity index is 4.32. The van der Waals surface area contributed by atoms with E-state index in [4.69, 9.17) is 14.2 Å². The van der Waals surface area contributed by atoms with Crippen molar-refractivity contribution in [3.8, 4) is 0 Å². The van der Waals surface area contributed by atoms with Crippen LogP contribution in [0.4, 0.5) is 0 Å². The lowest BCUT2D eigenvalue weighted by Crippen LogP contribution is -2.55. The molecule has 0 aliphatic rings. The number of nitrogens with zero attached hydrogens (tertiary/aromatic N) is 1. The summed E-state index contributed by atoms with van der Waals surface area (Å²) in [7, 11) is 5.40. The number of esters is 2. The Labute approximate surface area is 350 Å². The van der Waals surface area contributed by atoms with Gasteiger partial charge in [-0.1, -0.05) is 152 Å². The average molecular weight is 802 g/mol. The van der Waals surface area contributed by atoms with E-state index in [9.17, 15) is 19.5 Å². The second kappa shape index (κ2) is 40.1. The quantitative estimate of drug-likeness (QED) is 0.0262. The van der Waals surface area contributed by atoms with E-state index in [0.717, 1.165) is 70.6 Å². The first-order chi connectivity index (χ1) is 27.6. The summed E-state index contributed by atoms with van der Waals surface area (Å²) in [5.74, 6) is -1.77. The van der Waals surface area contributed by atoms with Crippen LogP contribution in [-0.4, -0.2) is 75.5 Å². The molecule has 0 heterocycles. The van der Waals surface area contributed by atoms with Gasteiger partial charge in [0.05, 0.1) is 40.3 Å². The zero-order valence-electron chi connectivity index (χ0n) is 37.5. The van der Waals surface area contributed by atoms with E-state index in [1.54, 1.807) is 21.1 Å². The van der Waals surface area contributed by atoms with Crippen molar-refractivity contribution in [1.29, 1.82) is 0 Å². The molecule has 8 nitrogen and oxygen atoms in total. The van der Waals surface area contributed by atoms with Crippen LogP contribution in [0.1, 0.15) is 194 Å². The number of carboxylic acids is 1. The third-order valence-electron chi connectivity index (χ3n) is 10.2. The summed E-state index contributed by atoms with van der Waals surface area (Å²) in [6.45, 7) is 4.52. The highest BCUT2D eigenvalue weighted by Crippen LogP contribution is 2.14. The topological polar surface area (TPSA) is 102 Å². The molecule has 0 saturated carbocycles. The van der Waals surface area contributed by atoms with E-state index >= 15 is 0 Å². The van der Waals surface area contributed by atoms with Crippen LogP contribution >= 0.6 is 0 Å². The van der Waals surface area contributed by atoms with Crippen LogP contribution in [0.5, 0.6) is 0 Å². The standard InChI is InChI=1S/C49H87NO7/c1-6-8-10-12-14-16-18-20-22-23-24-25-26-28-29-31-33-35-37-39-47(51)56-44-45(43-55-42-41-46(49(53)54)50(3,4)5)57-48(52)40-38-36-34-32-30-27-21-19-17-15-13-11-9-7-2/h9,11,15,17,21,23-24,27,45-46H,6-8,10,12-14,16,18-20,22,25-26,28-44H2,1-5H3/b11-9+,17-15+,24-23+,27-21+. The lowest BCUT2D eigenvalue weighted by molar-refractivity contribution is -0.889. The molecule has 0 bridgehead atoms. The summed E-state index contributed by atoms with van der Waals surface area (Å²) in [6, 6.07) is -0.731. The van der Waals surface area contributed by atoms with E-state index in [2.05, 4.69) is 62.5 Å². The molecular formula is C49H87NO7. The second-order valence-corrected chi connectivity index (χ2v) is 16.6. The number of rotatable bonds is 41. The fourth-order valence-corrected chi connectivity index (χ4v) is 6.61. The van der Waals surface area contributed by atoms with Crippen molar-refractivity contribution in [2.24, 2.45) is 0 Å². The summed E-state index contributed by atoms with van der Waals surface area (Å²) >= 11 is 0. The highest BCUT2D eigenvalue weighted by Gasteiger charge is 2.25. The number of quaternary nitrogens is 1. The average Bonchev–Trinajstić information content (AvgIpc) is 3.17. The van der Waals surface area contributed by atoms with Crippen LogP contribution in [0.25, 0.3) is 0 Å². The van der Waals surface area contributed by atoms with E-state index in [1.165, 1.54) is 89.9 Å². The Morgan fingerprint density at radius 3 is 1.47 bits per heavy atom. The van der Waals surface area contributed by atoms with Gasteiger partial charge in [0.25, 0.3) is 0 Å². The first-order valence-corrected chi connectivity index (χ1v) is 23.2. The Morgan fingerprint density at radius 2 is 0.982 bits per heavy atom. The summed E-state index contributed by atoms with van der Waals surface area (Å²) < 4.78 is 17.2. The summed E-state index contributed by atoms with van der Waals surface area (Å²) in [4.78, 5) is 36.9. The zero-order chi connectivity index (χ0) is 42.1. The predicted octanol–water partition coefficient (Wildman–Crippen LogP) is 11.5. The summed E-state index contributed by atoms with van der Waals surface area (Å²) in [5.41, 5.74) is 0. The number of ether oxygens (including phenoxy) is 3. The molecule has 0 saturated heterocycles. The first-order valence-electron chi connectivity index (χ1n) is 23.2. The first kappa shape index (κ1) is 54.3. The predicted molar refractivity (Wildman–Crippen MR) is 236 cm³/mol. The van der Waals surface area contributed by atoms with Crippen molar-refractivity contribution in [2.45, 2.75) is 206 Å². The van der Waals surface area contributed by atoms with Crippen molar-refractivity contribution in [3.63, 3.8) is 0 Å². The zero-order valence-corrected chi connectivity index (χ0v) is 37.5. The Hall–Kier alpha value is -2.71. The number of allylic oxidation sites excluding steroid dienone is 8. The van der Waals surface area contributed by atoms with E-state index in [1.807, 2.05) is 0 Å². The van der Waals surface area contributed by atoms with Crippen molar-refractivity contribution in [2.75, 3.05) is 41.0 Å². The lowest BCUT2D eigenvalue weighted by atomic mass is 10.1. The van der Waals surface area contributed by atoms with Crippen LogP contribution in [0.2, 0.25) is 0 Å². The molecule has 57 heavy (non-hydrogen) atoms. The van der Waals surface area contributed by atoms with Gasteiger partial charge in [-0.05, 0) is 70.6 Å². The van der Waals surface area contributed by atoms with E-state index in [0.29, 0.717) is 12.8 Å². The Bertz CT molecular complexity index is 1070. The van der Waals surface area contributed by atoms with Gasteiger partial charge < -0.3 is 28.6 Å². The molecule has 0 radical (unpaired) electrons. The fourth-order valence-electron chi connectivity index (χ4n) is 6.61. The molecule has 0 aliphatic heterocycles. The minimum Gasteiger partial charge on any atom is -0.544 e. The van der Waals surface area contributed by atoms with Crippen LogP contribution in [-0.2, 0) is 28.6 Å². The SMILES string of the molecule is CC/C=C/C/C=C/C/C=C/CCCCCCC(=O)OC(COCCC(C(=O)[O-])[N+](C)(C)C)COC(=O)CCCCCCCCC/C=C/CCCCCCCCCC. The third kappa shape index (κ3) is 38.6. The largest absolute Gasteiger partial charge is 0.544 e. The maximum Gasteiger partial charge on any atom is 0.306 e. The van der Waals surface area contributed by atoms with Gasteiger partial charge in [-0.15, -0.1) is 0 Å². The van der Waals surface area contributed by atoms with Gasteiger partial charge in [0, 0.05) is 19.3 Å². The van der Waals surface area contributed by atoms with Gasteiger partial charge in [-0.3, -0.25) is 9.59 Å². The third-order valence-corrected chi connectivity index (χ3v) is 10.2. The Kier molecular flexibility index (Phi) is 38.2. The minimum atomic E-state index is -1.13. The van der Waals surface area contributed by atoms with Gasteiger partial charge in [-0.2, -0.15) is 0 Å². The molecule has 0 rings (SSSR count). The molecule has 2 unspecified atom stereocenters. The van der Waals surface area contributed by atoms with Crippen molar-refractivity contribution < 1.29 is 38.2 Å². The summed E-state index contributed by atoms with van der Waals surface area (Å²) in [6.07, 6.45) is 47.1. The van der Waals surface area contributed by atoms with Crippen molar-refractivity contribution in [1.82, 2.24) is 0 Å². The number of carbonyl (C=O) groups is 3. The second-order valence-electron chi connectivity index (χ2n) is 16.6. The molecule has 0 aromatic carbocycles. The molecule has 0 spiro atoms. The van der Waals surface area contributed by atoms with E-state index < -0.39 is 18.1 Å². The Morgan fingerprint density at radius 1 is 0.544 bits per heavy atom. The number of hydrogen-bond donors (Lipinski definition) is 0. The molecular weight excluding hydrogens is 715 g/mol. The smallest absolute Gasteiger partial charge is 0.306 e. The van der Waals surface area contributed by atoms with Crippen molar-refractivity contribution in [3.05, 3.63) is 48.6 Å². The minimum absolute atomic E-state index is 0.0297. The number of carboxylic acid groups (broad SMARTS) is 1. The van der Waals surface area contributed by atoms with E-state index in [-0.39, 0.29) is 42.7 Å². The van der Waals surface area contributed by atoms with Crippen LogP contribution in [0.3, 0.4) is 0 Å². The van der Waals surface area contributed by atoms with Gasteiger partial charge in [0.2, 0.25) is 0 Å². The number of carbonyl (C=O) groups excluding carboxylic acids is 3. The fraction of sp³-hybridized carbons (Fsp3) is 0.776. The van der Waals surface area contributed by atoms with Gasteiger partial charge in [0.1, 0.15) is 12.6 Å². The molecule has 0 amide bonds. The molecule has 0 aromatic heterocycles.